The molecule has 0 aromatic heterocycles. The predicted octanol–water partition coefficient (Wildman–Crippen LogP) is 10.5. The van der Waals surface area contributed by atoms with Crippen LogP contribution in [0.1, 0.15) is 142 Å². The number of ether oxygens (including phenoxy) is 2. The van der Waals surface area contributed by atoms with Gasteiger partial charge in [-0.3, -0.25) is 4.79 Å². The summed E-state index contributed by atoms with van der Waals surface area (Å²) >= 11 is 0. The fourth-order valence-electron chi connectivity index (χ4n) is 4.35. The molecule has 0 saturated carbocycles. The van der Waals surface area contributed by atoms with Gasteiger partial charge in [-0.2, -0.15) is 0 Å². The minimum atomic E-state index is -0.537. The molecule has 41 heavy (non-hydrogen) atoms. The Kier molecular flexibility index (Phi) is 32.7. The Morgan fingerprint density at radius 2 is 1.10 bits per heavy atom. The third kappa shape index (κ3) is 32.5. The zero-order chi connectivity index (χ0) is 29.9. The average molecular weight is 573 g/mol. The molecule has 4 heteroatoms. The molecule has 0 aliphatic heterocycles. The number of unbranched alkanes of at least 4 members (excludes halogenated alkanes) is 12. The largest absolute Gasteiger partial charge is 0.457 e. The van der Waals surface area contributed by atoms with Crippen LogP contribution in [0.5, 0.6) is 0 Å². The number of aliphatic hydroxyl groups is 1. The lowest BCUT2D eigenvalue weighted by atomic mass is 10.1. The maximum atomic E-state index is 12.1. The van der Waals surface area contributed by atoms with Gasteiger partial charge in [0.25, 0.3) is 0 Å². The molecule has 0 aromatic carbocycles. The SMILES string of the molecule is CC/C=C\C/C=C\C/C=C\C/C=C\C/C=C\CCCCCCCCCC(=O)OC(CO)COCCCCCCCC. The van der Waals surface area contributed by atoms with E-state index in [2.05, 4.69) is 74.6 Å². The summed E-state index contributed by atoms with van der Waals surface area (Å²) in [5.74, 6) is -0.218. The summed E-state index contributed by atoms with van der Waals surface area (Å²) < 4.78 is 11.0. The van der Waals surface area contributed by atoms with Crippen molar-refractivity contribution in [2.24, 2.45) is 0 Å². The summed E-state index contributed by atoms with van der Waals surface area (Å²) in [4.78, 5) is 12.1. The molecule has 1 atom stereocenters. The van der Waals surface area contributed by atoms with Crippen LogP contribution in [0.3, 0.4) is 0 Å². The van der Waals surface area contributed by atoms with Gasteiger partial charge in [-0.1, -0.05) is 139 Å². The molecular formula is C37H64O4. The number of aliphatic hydroxyl groups excluding tert-OH is 1. The molecule has 0 saturated heterocycles. The number of carbonyl (C=O) groups is 1. The molecule has 0 radical (unpaired) electrons. The normalized spacial score (nSPS) is 13.1. The third-order valence-electron chi connectivity index (χ3n) is 6.86. The van der Waals surface area contributed by atoms with E-state index in [0.717, 1.165) is 57.8 Å². The van der Waals surface area contributed by atoms with E-state index in [0.29, 0.717) is 13.0 Å². The number of rotatable bonds is 30. The molecule has 1 unspecified atom stereocenters. The van der Waals surface area contributed by atoms with E-state index in [1.54, 1.807) is 0 Å². The van der Waals surface area contributed by atoms with Crippen LogP contribution in [0.15, 0.2) is 60.8 Å². The summed E-state index contributed by atoms with van der Waals surface area (Å²) in [7, 11) is 0. The van der Waals surface area contributed by atoms with Gasteiger partial charge in [0.15, 0.2) is 0 Å². The first-order valence-corrected chi connectivity index (χ1v) is 16.9. The second-order valence-electron chi connectivity index (χ2n) is 10.9. The van der Waals surface area contributed by atoms with Gasteiger partial charge in [0.1, 0.15) is 6.10 Å². The van der Waals surface area contributed by atoms with E-state index >= 15 is 0 Å². The fourth-order valence-corrected chi connectivity index (χ4v) is 4.35. The molecule has 0 fully saturated rings. The lowest BCUT2D eigenvalue weighted by Crippen LogP contribution is -2.27. The van der Waals surface area contributed by atoms with Gasteiger partial charge >= 0.3 is 5.97 Å². The molecule has 0 heterocycles. The highest BCUT2D eigenvalue weighted by atomic mass is 16.6. The van der Waals surface area contributed by atoms with Gasteiger partial charge in [-0.15, -0.1) is 0 Å². The Hall–Kier alpha value is -1.91. The molecule has 1 N–H and O–H groups in total. The minimum absolute atomic E-state index is 0.179. The van der Waals surface area contributed by atoms with Crippen molar-refractivity contribution in [3.8, 4) is 0 Å². The molecule has 0 aromatic rings. The first kappa shape index (κ1) is 39.1. The van der Waals surface area contributed by atoms with Crippen LogP contribution >= 0.6 is 0 Å². The standard InChI is InChI=1S/C37H64O4/c1-3-5-7-9-11-12-13-14-15-16-17-18-19-20-21-22-23-24-25-26-27-28-30-32-37(39)41-36(34-38)35-40-33-31-29-10-8-6-4-2/h5,7,11-12,14-15,17-18,20-21,36,38H,3-4,6,8-10,13,16,19,22-35H2,1-2H3/b7-5-,12-11-,15-14-,18-17-,21-20-. The monoisotopic (exact) mass is 572 g/mol. The van der Waals surface area contributed by atoms with Crippen molar-refractivity contribution in [2.75, 3.05) is 19.8 Å². The molecule has 0 aliphatic rings. The number of carbonyl (C=O) groups excluding carboxylic acids is 1. The maximum absolute atomic E-state index is 12.1. The third-order valence-corrected chi connectivity index (χ3v) is 6.86. The molecule has 4 nitrogen and oxygen atoms in total. The second-order valence-corrected chi connectivity index (χ2v) is 10.9. The van der Waals surface area contributed by atoms with Crippen molar-refractivity contribution in [2.45, 2.75) is 148 Å². The Morgan fingerprint density at radius 3 is 1.66 bits per heavy atom. The van der Waals surface area contributed by atoms with E-state index in [9.17, 15) is 9.90 Å². The maximum Gasteiger partial charge on any atom is 0.306 e. The van der Waals surface area contributed by atoms with Gasteiger partial charge in [0.2, 0.25) is 0 Å². The highest BCUT2D eigenvalue weighted by molar-refractivity contribution is 5.69. The van der Waals surface area contributed by atoms with E-state index < -0.39 is 6.10 Å². The Balaban J connectivity index is 3.51. The van der Waals surface area contributed by atoms with Crippen LogP contribution in [-0.4, -0.2) is 37.0 Å². The Morgan fingerprint density at radius 1 is 0.610 bits per heavy atom. The van der Waals surface area contributed by atoms with Crippen LogP contribution in [0.4, 0.5) is 0 Å². The van der Waals surface area contributed by atoms with Gasteiger partial charge < -0.3 is 14.6 Å². The Bertz CT molecular complexity index is 689. The molecule has 236 valence electrons. The molecule has 0 bridgehead atoms. The zero-order valence-corrected chi connectivity index (χ0v) is 26.8. The lowest BCUT2D eigenvalue weighted by molar-refractivity contribution is -0.154. The molecule has 0 rings (SSSR count). The van der Waals surface area contributed by atoms with E-state index in [4.69, 9.17) is 9.47 Å². The highest BCUT2D eigenvalue weighted by Crippen LogP contribution is 2.11. The van der Waals surface area contributed by atoms with E-state index in [1.165, 1.54) is 64.2 Å². The molecular weight excluding hydrogens is 508 g/mol. The van der Waals surface area contributed by atoms with Crippen LogP contribution in [-0.2, 0) is 14.3 Å². The van der Waals surface area contributed by atoms with Crippen LogP contribution in [0.25, 0.3) is 0 Å². The van der Waals surface area contributed by atoms with Crippen LogP contribution in [0, 0.1) is 0 Å². The Labute approximate surface area is 254 Å². The van der Waals surface area contributed by atoms with Gasteiger partial charge in [-0.05, 0) is 57.8 Å². The number of allylic oxidation sites excluding steroid dienone is 10. The van der Waals surface area contributed by atoms with Gasteiger partial charge in [0, 0.05) is 13.0 Å². The average Bonchev–Trinajstić information content (AvgIpc) is 2.98. The summed E-state index contributed by atoms with van der Waals surface area (Å²) in [6.07, 6.45) is 44.1. The zero-order valence-electron chi connectivity index (χ0n) is 26.8. The van der Waals surface area contributed by atoms with Crippen molar-refractivity contribution in [1.82, 2.24) is 0 Å². The van der Waals surface area contributed by atoms with Gasteiger partial charge in [0.05, 0.1) is 13.2 Å². The van der Waals surface area contributed by atoms with Crippen molar-refractivity contribution < 1.29 is 19.4 Å². The van der Waals surface area contributed by atoms with Crippen LogP contribution < -0.4 is 0 Å². The van der Waals surface area contributed by atoms with E-state index in [1.807, 2.05) is 0 Å². The summed E-state index contributed by atoms with van der Waals surface area (Å²) in [5.41, 5.74) is 0. The molecule has 0 spiro atoms. The van der Waals surface area contributed by atoms with Crippen molar-refractivity contribution in [1.29, 1.82) is 0 Å². The number of hydrogen-bond donors (Lipinski definition) is 1. The minimum Gasteiger partial charge on any atom is -0.457 e. The lowest BCUT2D eigenvalue weighted by Gasteiger charge is -2.15. The van der Waals surface area contributed by atoms with Gasteiger partial charge in [-0.25, -0.2) is 0 Å². The fraction of sp³-hybridized carbons (Fsp3) is 0.703. The summed E-state index contributed by atoms with van der Waals surface area (Å²) in [5, 5.41) is 9.46. The predicted molar refractivity (Wildman–Crippen MR) is 177 cm³/mol. The first-order valence-electron chi connectivity index (χ1n) is 16.9. The smallest absolute Gasteiger partial charge is 0.306 e. The molecule has 0 aliphatic carbocycles. The topological polar surface area (TPSA) is 55.8 Å². The second kappa shape index (κ2) is 34.3. The quantitative estimate of drug-likeness (QED) is 0.0528. The van der Waals surface area contributed by atoms with Crippen LogP contribution in [0.2, 0.25) is 0 Å². The van der Waals surface area contributed by atoms with E-state index in [-0.39, 0.29) is 19.2 Å². The number of hydrogen-bond acceptors (Lipinski definition) is 4. The van der Waals surface area contributed by atoms with Crippen molar-refractivity contribution in [3.63, 3.8) is 0 Å². The first-order chi connectivity index (χ1) is 20.2. The van der Waals surface area contributed by atoms with Crippen molar-refractivity contribution >= 4 is 5.97 Å². The summed E-state index contributed by atoms with van der Waals surface area (Å²) in [6.45, 7) is 5.16. The van der Waals surface area contributed by atoms with Crippen molar-refractivity contribution in [3.05, 3.63) is 60.8 Å². The number of esters is 1. The molecule has 0 amide bonds. The summed E-state index contributed by atoms with van der Waals surface area (Å²) in [6, 6.07) is 0. The highest BCUT2D eigenvalue weighted by Gasteiger charge is 2.13.